The van der Waals surface area contributed by atoms with E-state index in [1.807, 2.05) is 0 Å². The Balaban J connectivity index is 2.04. The van der Waals surface area contributed by atoms with Gasteiger partial charge >= 0.3 is 0 Å². The van der Waals surface area contributed by atoms with Crippen molar-refractivity contribution in [3.05, 3.63) is 0 Å². The summed E-state index contributed by atoms with van der Waals surface area (Å²) in [5, 5.41) is 8.39. The molecular weight excluding hydrogens is 200 g/mol. The van der Waals surface area contributed by atoms with Gasteiger partial charge in [0.05, 0.1) is 6.07 Å². The molecule has 92 valence electrons. The molecule has 0 aromatic carbocycles. The first-order chi connectivity index (χ1) is 7.88. The van der Waals surface area contributed by atoms with Gasteiger partial charge in [-0.3, -0.25) is 0 Å². The summed E-state index contributed by atoms with van der Waals surface area (Å²) in [6.07, 6.45) is 7.84. The van der Waals surface area contributed by atoms with Gasteiger partial charge in [-0.15, -0.1) is 0 Å². The van der Waals surface area contributed by atoms with E-state index < -0.39 is 0 Å². The first-order valence-electron chi connectivity index (χ1n) is 6.53. The molecule has 0 spiro atoms. The number of hydrogen-bond acceptors (Lipinski definition) is 3. The summed E-state index contributed by atoms with van der Waals surface area (Å²) in [6.45, 7) is 2.48. The molecule has 1 saturated carbocycles. The number of rotatable bonds is 7. The quantitative estimate of drug-likeness (QED) is 0.676. The average Bonchev–Trinajstić information content (AvgIpc) is 2.34. The Kier molecular flexibility index (Phi) is 7.20. The average molecular weight is 224 g/mol. The molecule has 1 aliphatic carbocycles. The standard InChI is InChI=1S/C13H24N2O/c14-8-4-1-5-9-16-11-13-7-3-2-6-12(13)10-15/h12-13H,1-7,9-11,15H2. The smallest absolute Gasteiger partial charge is 0.0621 e. The summed E-state index contributed by atoms with van der Waals surface area (Å²) in [4.78, 5) is 0. The second-order valence-electron chi connectivity index (χ2n) is 4.73. The zero-order valence-corrected chi connectivity index (χ0v) is 10.2. The second-order valence-corrected chi connectivity index (χ2v) is 4.73. The molecule has 1 fully saturated rings. The monoisotopic (exact) mass is 224 g/mol. The van der Waals surface area contributed by atoms with Crippen LogP contribution in [0.4, 0.5) is 0 Å². The van der Waals surface area contributed by atoms with Crippen LogP contribution in [0.15, 0.2) is 0 Å². The number of ether oxygens (including phenoxy) is 1. The summed E-state index contributed by atoms with van der Waals surface area (Å²) < 4.78 is 5.69. The van der Waals surface area contributed by atoms with E-state index in [2.05, 4.69) is 6.07 Å². The number of nitriles is 1. The molecule has 16 heavy (non-hydrogen) atoms. The first kappa shape index (κ1) is 13.5. The van der Waals surface area contributed by atoms with Crippen molar-refractivity contribution in [3.63, 3.8) is 0 Å². The van der Waals surface area contributed by atoms with Gasteiger partial charge in [0.2, 0.25) is 0 Å². The van der Waals surface area contributed by atoms with Crippen LogP contribution in [-0.4, -0.2) is 19.8 Å². The van der Waals surface area contributed by atoms with E-state index in [1.165, 1.54) is 25.7 Å². The van der Waals surface area contributed by atoms with Gasteiger partial charge in [0.25, 0.3) is 0 Å². The Hall–Kier alpha value is -0.590. The van der Waals surface area contributed by atoms with Gasteiger partial charge in [-0.1, -0.05) is 12.8 Å². The lowest BCUT2D eigenvalue weighted by atomic mass is 9.80. The molecule has 1 aliphatic rings. The lowest BCUT2D eigenvalue weighted by molar-refractivity contribution is 0.0592. The minimum absolute atomic E-state index is 0.651. The molecule has 1 rings (SSSR count). The molecule has 0 saturated heterocycles. The van der Waals surface area contributed by atoms with E-state index in [0.717, 1.165) is 32.6 Å². The van der Waals surface area contributed by atoms with E-state index in [1.54, 1.807) is 0 Å². The predicted octanol–water partition coefficient (Wildman–Crippen LogP) is 2.46. The SMILES string of the molecule is N#CCCCCOCC1CCCCC1CN. The Morgan fingerprint density at radius 3 is 2.62 bits per heavy atom. The maximum atomic E-state index is 8.39. The number of nitrogens with zero attached hydrogens (tertiary/aromatic N) is 1. The van der Waals surface area contributed by atoms with Crippen molar-refractivity contribution in [2.75, 3.05) is 19.8 Å². The largest absolute Gasteiger partial charge is 0.381 e. The van der Waals surface area contributed by atoms with Crippen LogP contribution in [0.3, 0.4) is 0 Å². The van der Waals surface area contributed by atoms with Crippen molar-refractivity contribution in [2.45, 2.75) is 44.9 Å². The molecule has 2 N–H and O–H groups in total. The minimum Gasteiger partial charge on any atom is -0.381 e. The van der Waals surface area contributed by atoms with Crippen LogP contribution in [0.25, 0.3) is 0 Å². The van der Waals surface area contributed by atoms with Crippen molar-refractivity contribution in [2.24, 2.45) is 17.6 Å². The fourth-order valence-electron chi connectivity index (χ4n) is 2.46. The number of hydrogen-bond donors (Lipinski definition) is 1. The normalized spacial score (nSPS) is 25.2. The van der Waals surface area contributed by atoms with Crippen molar-refractivity contribution < 1.29 is 4.74 Å². The van der Waals surface area contributed by atoms with Crippen LogP contribution in [0, 0.1) is 23.2 Å². The maximum Gasteiger partial charge on any atom is 0.0621 e. The van der Waals surface area contributed by atoms with Gasteiger partial charge in [-0.05, 0) is 44.1 Å². The lowest BCUT2D eigenvalue weighted by Crippen LogP contribution is -2.30. The third-order valence-corrected chi connectivity index (χ3v) is 3.53. The Morgan fingerprint density at radius 2 is 1.94 bits per heavy atom. The van der Waals surface area contributed by atoms with Gasteiger partial charge in [-0.25, -0.2) is 0 Å². The van der Waals surface area contributed by atoms with Crippen LogP contribution < -0.4 is 5.73 Å². The minimum atomic E-state index is 0.651. The van der Waals surface area contributed by atoms with Gasteiger partial charge < -0.3 is 10.5 Å². The summed E-state index contributed by atoms with van der Waals surface area (Å²) >= 11 is 0. The fourth-order valence-corrected chi connectivity index (χ4v) is 2.46. The zero-order chi connectivity index (χ0) is 11.6. The highest BCUT2D eigenvalue weighted by Crippen LogP contribution is 2.29. The molecule has 0 amide bonds. The van der Waals surface area contributed by atoms with E-state index >= 15 is 0 Å². The topological polar surface area (TPSA) is 59.0 Å². The van der Waals surface area contributed by atoms with E-state index in [4.69, 9.17) is 15.7 Å². The Bertz CT molecular complexity index is 212. The van der Waals surface area contributed by atoms with Crippen molar-refractivity contribution in [1.29, 1.82) is 5.26 Å². The zero-order valence-electron chi connectivity index (χ0n) is 10.2. The summed E-state index contributed by atoms with van der Waals surface area (Å²) in [5.41, 5.74) is 5.77. The Morgan fingerprint density at radius 1 is 1.19 bits per heavy atom. The molecular formula is C13H24N2O. The molecule has 3 heteroatoms. The molecule has 0 aromatic heterocycles. The molecule has 2 atom stereocenters. The summed E-state index contributed by atoms with van der Waals surface area (Å²) in [5.74, 6) is 1.35. The highest BCUT2D eigenvalue weighted by molar-refractivity contribution is 4.75. The fraction of sp³-hybridized carbons (Fsp3) is 0.923. The Labute approximate surface area is 99.0 Å². The van der Waals surface area contributed by atoms with Gasteiger partial charge in [0, 0.05) is 19.6 Å². The number of nitrogens with two attached hydrogens (primary N) is 1. The molecule has 0 aliphatic heterocycles. The highest BCUT2D eigenvalue weighted by atomic mass is 16.5. The van der Waals surface area contributed by atoms with Crippen LogP contribution in [-0.2, 0) is 4.74 Å². The van der Waals surface area contributed by atoms with Gasteiger partial charge in [0.15, 0.2) is 0 Å². The van der Waals surface area contributed by atoms with E-state index in [-0.39, 0.29) is 0 Å². The van der Waals surface area contributed by atoms with Crippen LogP contribution >= 0.6 is 0 Å². The van der Waals surface area contributed by atoms with Crippen LogP contribution in [0.1, 0.15) is 44.9 Å². The third-order valence-electron chi connectivity index (χ3n) is 3.53. The summed E-state index contributed by atoms with van der Waals surface area (Å²) in [7, 11) is 0. The molecule has 0 bridgehead atoms. The van der Waals surface area contributed by atoms with Crippen molar-refractivity contribution >= 4 is 0 Å². The second kappa shape index (κ2) is 8.55. The molecule has 0 aromatic rings. The molecule has 0 radical (unpaired) electrons. The molecule has 3 nitrogen and oxygen atoms in total. The van der Waals surface area contributed by atoms with Crippen LogP contribution in [0.5, 0.6) is 0 Å². The lowest BCUT2D eigenvalue weighted by Gasteiger charge is -2.30. The van der Waals surface area contributed by atoms with Gasteiger partial charge in [0.1, 0.15) is 0 Å². The molecule has 0 heterocycles. The van der Waals surface area contributed by atoms with Crippen molar-refractivity contribution in [3.8, 4) is 6.07 Å². The molecule has 2 unspecified atom stereocenters. The van der Waals surface area contributed by atoms with E-state index in [0.29, 0.717) is 18.3 Å². The number of unbranched alkanes of at least 4 members (excludes halogenated alkanes) is 2. The maximum absolute atomic E-state index is 8.39. The first-order valence-corrected chi connectivity index (χ1v) is 6.53. The summed E-state index contributed by atoms with van der Waals surface area (Å²) in [6, 6.07) is 2.15. The van der Waals surface area contributed by atoms with Crippen molar-refractivity contribution in [1.82, 2.24) is 0 Å². The predicted molar refractivity (Wildman–Crippen MR) is 64.8 cm³/mol. The van der Waals surface area contributed by atoms with E-state index in [9.17, 15) is 0 Å². The van der Waals surface area contributed by atoms with Crippen LogP contribution in [0.2, 0.25) is 0 Å². The third kappa shape index (κ3) is 4.96. The van der Waals surface area contributed by atoms with Gasteiger partial charge in [-0.2, -0.15) is 5.26 Å². The highest BCUT2D eigenvalue weighted by Gasteiger charge is 2.23.